The van der Waals surface area contributed by atoms with Crippen LogP contribution in [0.5, 0.6) is 0 Å². The number of non-ortho nitro benzene ring substituents is 1. The van der Waals surface area contributed by atoms with Crippen LogP contribution in [0, 0.1) is 10.1 Å². The van der Waals surface area contributed by atoms with Crippen LogP contribution in [0.1, 0.15) is 10.6 Å². The highest BCUT2D eigenvalue weighted by molar-refractivity contribution is 5.84. The van der Waals surface area contributed by atoms with Gasteiger partial charge in [0.05, 0.1) is 17.7 Å². The average molecular weight is 264 g/mol. The zero-order valence-corrected chi connectivity index (χ0v) is 9.69. The molecule has 0 aliphatic heterocycles. The maximum Gasteiger partial charge on any atom is 0.376 e. The summed E-state index contributed by atoms with van der Waals surface area (Å²) < 4.78 is 5.33. The van der Waals surface area contributed by atoms with Crippen molar-refractivity contribution in [2.24, 2.45) is 0 Å². The van der Waals surface area contributed by atoms with Crippen LogP contribution in [0.15, 0.2) is 29.1 Å². The number of aromatic amines is 1. The normalized spacial score (nSPS) is 10.2. The zero-order chi connectivity index (χ0) is 14.0. The molecule has 1 N–H and O–H groups in total. The lowest BCUT2D eigenvalue weighted by Gasteiger charge is -1.98. The van der Waals surface area contributed by atoms with Crippen molar-refractivity contribution < 1.29 is 14.5 Å². The van der Waals surface area contributed by atoms with Crippen LogP contribution in [-0.2, 0) is 4.74 Å². The number of methoxy groups -OCH3 is 1. The van der Waals surface area contributed by atoms with E-state index in [2.05, 4.69) is 14.8 Å². The second-order valence-corrected chi connectivity index (χ2v) is 3.46. The van der Waals surface area contributed by atoms with E-state index < -0.39 is 16.6 Å². The number of ether oxygens (including phenoxy) is 1. The summed E-state index contributed by atoms with van der Waals surface area (Å²) in [5.41, 5.74) is -0.461. The average Bonchev–Trinajstić information content (AvgIpc) is 2.80. The lowest BCUT2D eigenvalue weighted by Crippen LogP contribution is -2.15. The summed E-state index contributed by atoms with van der Waals surface area (Å²) in [5.74, 6) is -1.02. The van der Waals surface area contributed by atoms with Gasteiger partial charge in [0, 0.05) is 12.1 Å². The summed E-state index contributed by atoms with van der Waals surface area (Å²) in [6.07, 6.45) is 0. The molecule has 1 heterocycles. The Labute approximate surface area is 105 Å². The molecule has 2 aromatic rings. The molecule has 98 valence electrons. The standard InChI is InChI=1S/C10H8N4O5/c1-19-9(15)8-11-10(16)13(12-8)6-2-4-7(5-3-6)14(17)18/h2-5H,1H3,(H,11,12,16). The number of carbonyl (C=O) groups excluding carboxylic acids is 1. The summed E-state index contributed by atoms with van der Waals surface area (Å²) >= 11 is 0. The Morgan fingerprint density at radius 3 is 2.58 bits per heavy atom. The van der Waals surface area contributed by atoms with Crippen LogP contribution in [0.2, 0.25) is 0 Å². The smallest absolute Gasteiger partial charge is 0.376 e. The number of esters is 1. The molecule has 0 aliphatic rings. The minimum Gasteiger partial charge on any atom is -0.463 e. The summed E-state index contributed by atoms with van der Waals surface area (Å²) in [5, 5.41) is 14.2. The van der Waals surface area contributed by atoms with Crippen molar-refractivity contribution in [1.29, 1.82) is 0 Å². The fraction of sp³-hybridized carbons (Fsp3) is 0.100. The molecule has 0 bridgehead atoms. The molecule has 1 aromatic heterocycles. The van der Waals surface area contributed by atoms with E-state index in [1.165, 1.54) is 24.3 Å². The maximum atomic E-state index is 11.6. The van der Waals surface area contributed by atoms with E-state index in [1.807, 2.05) is 0 Å². The van der Waals surface area contributed by atoms with Gasteiger partial charge in [0.2, 0.25) is 5.82 Å². The van der Waals surface area contributed by atoms with Crippen molar-refractivity contribution in [3.05, 3.63) is 50.7 Å². The number of H-pyrrole nitrogens is 1. The first-order valence-electron chi connectivity index (χ1n) is 5.05. The lowest BCUT2D eigenvalue weighted by atomic mass is 10.3. The van der Waals surface area contributed by atoms with Gasteiger partial charge in [-0.15, -0.1) is 5.10 Å². The first-order valence-corrected chi connectivity index (χ1v) is 5.05. The van der Waals surface area contributed by atoms with Gasteiger partial charge in [0.15, 0.2) is 0 Å². The zero-order valence-electron chi connectivity index (χ0n) is 9.69. The second-order valence-electron chi connectivity index (χ2n) is 3.46. The Kier molecular flexibility index (Phi) is 3.10. The van der Waals surface area contributed by atoms with Crippen LogP contribution in [0.3, 0.4) is 0 Å². The van der Waals surface area contributed by atoms with Crippen molar-refractivity contribution in [2.75, 3.05) is 7.11 Å². The number of nitro benzene ring substituents is 1. The number of hydrogen-bond acceptors (Lipinski definition) is 6. The number of carbonyl (C=O) groups is 1. The number of benzene rings is 1. The van der Waals surface area contributed by atoms with Gasteiger partial charge in [-0.25, -0.2) is 9.59 Å². The highest BCUT2D eigenvalue weighted by atomic mass is 16.6. The number of nitrogens with zero attached hydrogens (tertiary/aromatic N) is 3. The van der Waals surface area contributed by atoms with Gasteiger partial charge < -0.3 is 4.74 Å². The molecule has 9 heteroatoms. The molecule has 0 aliphatic carbocycles. The van der Waals surface area contributed by atoms with Crippen molar-refractivity contribution >= 4 is 11.7 Å². The maximum absolute atomic E-state index is 11.6. The SMILES string of the molecule is COC(=O)c1nn(-c2ccc([N+](=O)[O-])cc2)c(=O)[nH]1. The highest BCUT2D eigenvalue weighted by Gasteiger charge is 2.15. The van der Waals surface area contributed by atoms with Gasteiger partial charge in [-0.1, -0.05) is 0 Å². The molecule has 0 fully saturated rings. The van der Waals surface area contributed by atoms with Crippen LogP contribution < -0.4 is 5.69 Å². The van der Waals surface area contributed by atoms with E-state index in [0.29, 0.717) is 5.69 Å². The minimum absolute atomic E-state index is 0.111. The molecule has 9 nitrogen and oxygen atoms in total. The van der Waals surface area contributed by atoms with Crippen molar-refractivity contribution in [3.8, 4) is 5.69 Å². The predicted molar refractivity (Wildman–Crippen MR) is 62.2 cm³/mol. The Morgan fingerprint density at radius 1 is 1.42 bits per heavy atom. The third-order valence-corrected chi connectivity index (χ3v) is 2.30. The highest BCUT2D eigenvalue weighted by Crippen LogP contribution is 2.13. The molecular weight excluding hydrogens is 256 g/mol. The third kappa shape index (κ3) is 2.34. The van der Waals surface area contributed by atoms with Crippen molar-refractivity contribution in [2.45, 2.75) is 0 Å². The van der Waals surface area contributed by atoms with Gasteiger partial charge in [-0.3, -0.25) is 15.1 Å². The quantitative estimate of drug-likeness (QED) is 0.482. The Morgan fingerprint density at radius 2 is 2.05 bits per heavy atom. The fourth-order valence-electron chi connectivity index (χ4n) is 1.40. The van der Waals surface area contributed by atoms with E-state index >= 15 is 0 Å². The van der Waals surface area contributed by atoms with Crippen molar-refractivity contribution in [3.63, 3.8) is 0 Å². The summed E-state index contributed by atoms with van der Waals surface area (Å²) in [6, 6.07) is 5.16. The van der Waals surface area contributed by atoms with E-state index in [-0.39, 0.29) is 11.5 Å². The van der Waals surface area contributed by atoms with Gasteiger partial charge in [-0.2, -0.15) is 4.68 Å². The lowest BCUT2D eigenvalue weighted by molar-refractivity contribution is -0.384. The third-order valence-electron chi connectivity index (χ3n) is 2.30. The van der Waals surface area contributed by atoms with E-state index in [1.54, 1.807) is 0 Å². The molecular formula is C10H8N4O5. The monoisotopic (exact) mass is 264 g/mol. The molecule has 1 aromatic carbocycles. The van der Waals surface area contributed by atoms with E-state index in [4.69, 9.17) is 0 Å². The van der Waals surface area contributed by atoms with Gasteiger partial charge >= 0.3 is 11.7 Å². The van der Waals surface area contributed by atoms with Crippen LogP contribution in [0.25, 0.3) is 5.69 Å². The first-order chi connectivity index (χ1) is 9.02. The van der Waals surface area contributed by atoms with Gasteiger partial charge in [0.25, 0.3) is 5.69 Å². The van der Waals surface area contributed by atoms with Crippen LogP contribution >= 0.6 is 0 Å². The Bertz CT molecular complexity index is 685. The molecule has 0 unspecified atom stereocenters. The number of nitrogens with one attached hydrogen (secondary N) is 1. The van der Waals surface area contributed by atoms with Gasteiger partial charge in [-0.05, 0) is 12.1 Å². The largest absolute Gasteiger partial charge is 0.463 e. The number of rotatable bonds is 3. The molecule has 0 atom stereocenters. The first kappa shape index (κ1) is 12.5. The summed E-state index contributed by atoms with van der Waals surface area (Å²) in [7, 11) is 1.16. The Balaban J connectivity index is 2.42. The molecule has 0 saturated carbocycles. The summed E-state index contributed by atoms with van der Waals surface area (Å²) in [4.78, 5) is 34.9. The molecule has 0 spiro atoms. The van der Waals surface area contributed by atoms with Gasteiger partial charge in [0.1, 0.15) is 0 Å². The fourth-order valence-corrected chi connectivity index (χ4v) is 1.40. The number of aromatic nitrogens is 3. The van der Waals surface area contributed by atoms with E-state index in [0.717, 1.165) is 11.8 Å². The van der Waals surface area contributed by atoms with Crippen LogP contribution in [0.4, 0.5) is 5.69 Å². The second kappa shape index (κ2) is 4.72. The number of hydrogen-bond donors (Lipinski definition) is 1. The summed E-state index contributed by atoms with van der Waals surface area (Å²) in [6.45, 7) is 0. The topological polar surface area (TPSA) is 120 Å². The molecule has 0 saturated heterocycles. The number of nitro groups is 1. The van der Waals surface area contributed by atoms with Crippen LogP contribution in [-0.4, -0.2) is 32.8 Å². The molecule has 19 heavy (non-hydrogen) atoms. The Hall–Kier alpha value is -2.97. The van der Waals surface area contributed by atoms with E-state index in [9.17, 15) is 19.7 Å². The minimum atomic E-state index is -0.780. The molecule has 0 amide bonds. The van der Waals surface area contributed by atoms with Crippen molar-refractivity contribution in [1.82, 2.24) is 14.8 Å². The molecule has 0 radical (unpaired) electrons. The molecule has 2 rings (SSSR count). The predicted octanol–water partition coefficient (Wildman–Crippen LogP) is 0.255.